The van der Waals surface area contributed by atoms with Gasteiger partial charge in [-0.2, -0.15) is 0 Å². The van der Waals surface area contributed by atoms with Gasteiger partial charge in [0.2, 0.25) is 0 Å². The highest BCUT2D eigenvalue weighted by molar-refractivity contribution is 6.46. The van der Waals surface area contributed by atoms with Gasteiger partial charge in [0.25, 0.3) is 11.7 Å². The van der Waals surface area contributed by atoms with E-state index in [0.29, 0.717) is 17.1 Å². The van der Waals surface area contributed by atoms with Crippen molar-refractivity contribution < 1.29 is 24.2 Å². The van der Waals surface area contributed by atoms with Crippen LogP contribution >= 0.6 is 0 Å². The zero-order valence-corrected chi connectivity index (χ0v) is 20.3. The van der Waals surface area contributed by atoms with Gasteiger partial charge in [-0.3, -0.25) is 9.59 Å². The van der Waals surface area contributed by atoms with E-state index < -0.39 is 17.7 Å². The SMILES string of the molecule is CC(C)Oc1cccc(/C(O)=C2/C(=O)C(=O)N(C3CCCC3)C2c2cccc(OC(C)C)c2)c1. The first-order chi connectivity index (χ1) is 16.3. The first-order valence-electron chi connectivity index (χ1n) is 12.1. The Hall–Kier alpha value is -3.28. The van der Waals surface area contributed by atoms with E-state index in [0.717, 1.165) is 31.2 Å². The number of amides is 1. The molecule has 4 rings (SSSR count). The number of ether oxygens (including phenoxy) is 2. The van der Waals surface area contributed by atoms with Crippen LogP contribution in [0.25, 0.3) is 5.76 Å². The minimum atomic E-state index is -0.673. The van der Waals surface area contributed by atoms with Gasteiger partial charge in [0.1, 0.15) is 17.3 Å². The van der Waals surface area contributed by atoms with Crippen LogP contribution in [0.2, 0.25) is 0 Å². The topological polar surface area (TPSA) is 76.1 Å². The summed E-state index contributed by atoms with van der Waals surface area (Å²) in [6.45, 7) is 7.74. The van der Waals surface area contributed by atoms with Crippen LogP contribution in [0, 0.1) is 0 Å². The Morgan fingerprint density at radius 3 is 2.12 bits per heavy atom. The lowest BCUT2D eigenvalue weighted by molar-refractivity contribution is -0.141. The minimum absolute atomic E-state index is 0.0138. The molecular formula is C28H33NO5. The molecule has 1 atom stereocenters. The molecule has 6 heteroatoms. The summed E-state index contributed by atoms with van der Waals surface area (Å²) in [4.78, 5) is 28.3. The molecule has 2 aliphatic rings. The van der Waals surface area contributed by atoms with Gasteiger partial charge in [-0.1, -0.05) is 37.1 Å². The lowest BCUT2D eigenvalue weighted by Gasteiger charge is -2.31. The van der Waals surface area contributed by atoms with Gasteiger partial charge >= 0.3 is 0 Å². The second-order valence-electron chi connectivity index (χ2n) is 9.58. The molecule has 2 fully saturated rings. The van der Waals surface area contributed by atoms with Crippen LogP contribution < -0.4 is 9.47 Å². The van der Waals surface area contributed by atoms with Crippen LogP contribution in [-0.2, 0) is 9.59 Å². The van der Waals surface area contributed by atoms with Gasteiger partial charge < -0.3 is 19.5 Å². The Bertz CT molecular complexity index is 1100. The number of rotatable bonds is 7. The Morgan fingerprint density at radius 1 is 0.912 bits per heavy atom. The van der Waals surface area contributed by atoms with Crippen LogP contribution in [-0.4, -0.2) is 39.9 Å². The molecule has 1 unspecified atom stereocenters. The molecule has 2 aromatic rings. The minimum Gasteiger partial charge on any atom is -0.507 e. The fraction of sp³-hybridized carbons (Fsp3) is 0.429. The van der Waals surface area contributed by atoms with Crippen LogP contribution in [0.1, 0.15) is 70.5 Å². The molecule has 1 saturated heterocycles. The standard InChI is InChI=1S/C28H33NO5/c1-17(2)33-22-13-7-9-19(15-22)25-24(27(31)28(32)29(25)21-11-5-6-12-21)26(30)20-10-8-14-23(16-20)34-18(3)4/h7-10,13-18,21,25,30H,5-6,11-12H2,1-4H3/b26-24-. The van der Waals surface area contributed by atoms with Crippen LogP contribution in [0.15, 0.2) is 54.1 Å². The smallest absolute Gasteiger partial charge is 0.295 e. The fourth-order valence-corrected chi connectivity index (χ4v) is 4.91. The molecular weight excluding hydrogens is 430 g/mol. The number of benzene rings is 2. The van der Waals surface area contributed by atoms with Gasteiger partial charge in [-0.15, -0.1) is 0 Å². The van der Waals surface area contributed by atoms with Crippen LogP contribution in [0.4, 0.5) is 0 Å². The van der Waals surface area contributed by atoms with E-state index in [-0.39, 0.29) is 29.6 Å². The second kappa shape index (κ2) is 9.92. The van der Waals surface area contributed by atoms with Crippen molar-refractivity contribution in [1.82, 2.24) is 4.90 Å². The van der Waals surface area contributed by atoms with E-state index in [2.05, 4.69) is 0 Å². The summed E-state index contributed by atoms with van der Waals surface area (Å²) in [5.74, 6) is -0.138. The highest BCUT2D eigenvalue weighted by Gasteiger charge is 2.49. The number of aliphatic hydroxyl groups excluding tert-OH is 1. The van der Waals surface area contributed by atoms with Crippen molar-refractivity contribution in [2.75, 3.05) is 0 Å². The molecule has 1 heterocycles. The molecule has 1 aliphatic heterocycles. The number of hydrogen-bond donors (Lipinski definition) is 1. The van der Waals surface area contributed by atoms with E-state index in [9.17, 15) is 14.7 Å². The summed E-state index contributed by atoms with van der Waals surface area (Å²) in [6.07, 6.45) is 3.69. The van der Waals surface area contributed by atoms with Gasteiger partial charge in [-0.05, 0) is 70.4 Å². The predicted octanol–water partition coefficient (Wildman–Crippen LogP) is 5.63. The molecule has 0 aromatic heterocycles. The maximum Gasteiger partial charge on any atom is 0.295 e. The summed E-state index contributed by atoms with van der Waals surface area (Å²) in [5, 5.41) is 11.4. The fourth-order valence-electron chi connectivity index (χ4n) is 4.91. The van der Waals surface area contributed by atoms with Crippen molar-refractivity contribution in [3.05, 3.63) is 65.2 Å². The maximum atomic E-state index is 13.3. The average Bonchev–Trinajstić information content (AvgIpc) is 3.40. The van der Waals surface area contributed by atoms with Gasteiger partial charge in [0.05, 0.1) is 23.8 Å². The summed E-state index contributed by atoms with van der Waals surface area (Å²) in [6, 6.07) is 13.8. The predicted molar refractivity (Wildman–Crippen MR) is 131 cm³/mol. The van der Waals surface area contributed by atoms with Gasteiger partial charge in [0.15, 0.2) is 0 Å². The van der Waals surface area contributed by atoms with Crippen molar-refractivity contribution in [2.45, 2.75) is 77.7 Å². The summed E-state index contributed by atoms with van der Waals surface area (Å²) in [7, 11) is 0. The van der Waals surface area contributed by atoms with Crippen molar-refractivity contribution in [1.29, 1.82) is 0 Å². The van der Waals surface area contributed by atoms with E-state index in [1.807, 2.05) is 52.0 Å². The van der Waals surface area contributed by atoms with Crippen molar-refractivity contribution in [3.8, 4) is 11.5 Å². The molecule has 1 N–H and O–H groups in total. The quantitative estimate of drug-likeness (QED) is 0.327. The monoisotopic (exact) mass is 463 g/mol. The highest BCUT2D eigenvalue weighted by Crippen LogP contribution is 2.44. The van der Waals surface area contributed by atoms with E-state index in [1.165, 1.54) is 0 Å². The Morgan fingerprint density at radius 2 is 1.50 bits per heavy atom. The number of carbonyl (C=O) groups is 2. The lowest BCUT2D eigenvalue weighted by atomic mass is 9.94. The molecule has 0 radical (unpaired) electrons. The number of aliphatic hydroxyl groups is 1. The molecule has 0 spiro atoms. The highest BCUT2D eigenvalue weighted by atomic mass is 16.5. The van der Waals surface area contributed by atoms with Crippen molar-refractivity contribution in [3.63, 3.8) is 0 Å². The van der Waals surface area contributed by atoms with Gasteiger partial charge in [0, 0.05) is 11.6 Å². The Labute approximate surface area is 201 Å². The second-order valence-corrected chi connectivity index (χ2v) is 9.58. The molecule has 0 bridgehead atoms. The lowest BCUT2D eigenvalue weighted by Crippen LogP contribution is -2.37. The third-order valence-corrected chi connectivity index (χ3v) is 6.22. The molecule has 1 aliphatic carbocycles. The molecule has 180 valence electrons. The largest absolute Gasteiger partial charge is 0.507 e. The Balaban J connectivity index is 1.84. The zero-order valence-electron chi connectivity index (χ0n) is 20.3. The van der Waals surface area contributed by atoms with Gasteiger partial charge in [-0.25, -0.2) is 0 Å². The van der Waals surface area contributed by atoms with E-state index in [1.54, 1.807) is 29.2 Å². The summed E-state index contributed by atoms with van der Waals surface area (Å²) < 4.78 is 11.6. The van der Waals surface area contributed by atoms with E-state index in [4.69, 9.17) is 9.47 Å². The summed E-state index contributed by atoms with van der Waals surface area (Å²) in [5.41, 5.74) is 1.31. The molecule has 34 heavy (non-hydrogen) atoms. The number of Topliss-reactive ketones (excluding diaryl/α,β-unsaturated/α-hetero) is 1. The number of nitrogens with zero attached hydrogens (tertiary/aromatic N) is 1. The van der Waals surface area contributed by atoms with E-state index >= 15 is 0 Å². The third-order valence-electron chi connectivity index (χ3n) is 6.22. The number of likely N-dealkylation sites (tertiary alicyclic amines) is 1. The number of ketones is 1. The molecule has 6 nitrogen and oxygen atoms in total. The van der Waals surface area contributed by atoms with Crippen LogP contribution in [0.5, 0.6) is 11.5 Å². The maximum absolute atomic E-state index is 13.3. The Kier molecular flexibility index (Phi) is 6.96. The molecule has 1 amide bonds. The summed E-state index contributed by atoms with van der Waals surface area (Å²) >= 11 is 0. The number of hydrogen-bond acceptors (Lipinski definition) is 5. The normalized spacial score (nSPS) is 20.5. The third kappa shape index (κ3) is 4.81. The van der Waals surface area contributed by atoms with Crippen molar-refractivity contribution >= 4 is 17.4 Å². The van der Waals surface area contributed by atoms with Crippen molar-refractivity contribution in [2.24, 2.45) is 0 Å². The molecule has 2 aromatic carbocycles. The number of carbonyl (C=O) groups excluding carboxylic acids is 2. The average molecular weight is 464 g/mol. The van der Waals surface area contributed by atoms with Crippen LogP contribution in [0.3, 0.4) is 0 Å². The zero-order chi connectivity index (χ0) is 24.4. The first kappa shape index (κ1) is 23.9. The molecule has 1 saturated carbocycles. The first-order valence-corrected chi connectivity index (χ1v) is 12.1.